The van der Waals surface area contributed by atoms with Crippen LogP contribution in [0.2, 0.25) is 0 Å². The number of carbonyl (C=O) groups excluding carboxylic acids is 3. The summed E-state index contributed by atoms with van der Waals surface area (Å²) in [6, 6.07) is 2.84. The normalized spacial score (nSPS) is 18.6. The van der Waals surface area contributed by atoms with Crippen molar-refractivity contribution in [3.8, 4) is 5.75 Å². The summed E-state index contributed by atoms with van der Waals surface area (Å²) in [4.78, 5) is 37.1. The number of rotatable bonds is 18. The van der Waals surface area contributed by atoms with Crippen LogP contribution in [0.15, 0.2) is 30.4 Å². The van der Waals surface area contributed by atoms with Crippen LogP contribution in [0.3, 0.4) is 0 Å². The number of ketones is 1. The van der Waals surface area contributed by atoms with Crippen molar-refractivity contribution in [2.75, 3.05) is 12.3 Å². The highest BCUT2D eigenvalue weighted by Gasteiger charge is 2.32. The Labute approximate surface area is 236 Å². The number of aliphatic hydroxyl groups excluding tert-OH is 1. The fourth-order valence-electron chi connectivity index (χ4n) is 5.20. The Morgan fingerprint density at radius 1 is 1.18 bits per heavy atom. The summed E-state index contributed by atoms with van der Waals surface area (Å²) in [6.07, 6.45) is 13.1. The Morgan fingerprint density at radius 2 is 1.93 bits per heavy atom. The lowest BCUT2D eigenvalue weighted by Gasteiger charge is -2.20. The minimum atomic E-state index is -0.989. The van der Waals surface area contributed by atoms with E-state index < -0.39 is 23.9 Å². The van der Waals surface area contributed by atoms with Crippen molar-refractivity contribution in [3.05, 3.63) is 35.9 Å². The van der Waals surface area contributed by atoms with Crippen molar-refractivity contribution in [2.45, 2.75) is 103 Å². The van der Waals surface area contributed by atoms with Gasteiger partial charge in [0.25, 0.3) is 0 Å². The number of benzene rings is 1. The zero-order chi connectivity index (χ0) is 29.5. The topological polar surface area (TPSA) is 159 Å². The van der Waals surface area contributed by atoms with Crippen LogP contribution in [0.4, 0.5) is 5.69 Å². The lowest BCUT2D eigenvalue weighted by Crippen LogP contribution is -2.43. The monoisotopic (exact) mass is 561 g/mol. The third-order valence-corrected chi connectivity index (χ3v) is 7.51. The molecule has 10 heteroatoms. The summed E-state index contributed by atoms with van der Waals surface area (Å²) < 4.78 is 4.79. The van der Waals surface area contributed by atoms with E-state index >= 15 is 0 Å². The van der Waals surface area contributed by atoms with Gasteiger partial charge in [-0.05, 0) is 43.2 Å². The fourth-order valence-corrected chi connectivity index (χ4v) is 5.20. The summed E-state index contributed by atoms with van der Waals surface area (Å²) in [6.45, 7) is 2.13. The van der Waals surface area contributed by atoms with Crippen molar-refractivity contribution in [1.29, 1.82) is 0 Å². The number of methoxy groups -OCH3 is 1. The molecule has 0 bridgehead atoms. The van der Waals surface area contributed by atoms with Crippen LogP contribution in [0, 0.1) is 11.8 Å². The second-order valence-corrected chi connectivity index (χ2v) is 10.6. The quantitative estimate of drug-likeness (QED) is 0.0900. The second kappa shape index (κ2) is 17.7. The maximum atomic E-state index is 12.5. The third kappa shape index (κ3) is 11.3. The Bertz CT molecular complexity index is 980. The van der Waals surface area contributed by atoms with Gasteiger partial charge in [0.15, 0.2) is 0 Å². The summed E-state index contributed by atoms with van der Waals surface area (Å²) in [7, 11) is 1.21. The van der Waals surface area contributed by atoms with Crippen LogP contribution in [0.5, 0.6) is 5.75 Å². The first kappa shape index (κ1) is 33.3. The van der Waals surface area contributed by atoms with Gasteiger partial charge in [-0.15, -0.1) is 5.23 Å². The molecule has 0 heterocycles. The maximum Gasteiger partial charge on any atom is 0.328 e. The van der Waals surface area contributed by atoms with Crippen molar-refractivity contribution >= 4 is 23.3 Å². The van der Waals surface area contributed by atoms with Gasteiger partial charge in [0, 0.05) is 25.2 Å². The first-order valence-corrected chi connectivity index (χ1v) is 14.4. The number of anilines is 1. The van der Waals surface area contributed by atoms with Gasteiger partial charge in [0.2, 0.25) is 5.91 Å². The number of carbonyl (C=O) groups is 3. The minimum Gasteiger partial charge on any atom is -0.871 e. The van der Waals surface area contributed by atoms with Crippen molar-refractivity contribution in [1.82, 2.24) is 5.32 Å². The van der Waals surface area contributed by atoms with E-state index in [0.29, 0.717) is 24.2 Å². The molecule has 4 unspecified atom stereocenters. The van der Waals surface area contributed by atoms with Gasteiger partial charge in [-0.2, -0.15) is 0 Å². The van der Waals surface area contributed by atoms with E-state index in [4.69, 9.17) is 4.74 Å². The zero-order valence-corrected chi connectivity index (χ0v) is 23.7. The molecule has 4 atom stereocenters. The molecule has 0 saturated heterocycles. The molecule has 0 aliphatic heterocycles. The van der Waals surface area contributed by atoms with Crippen LogP contribution in [-0.4, -0.2) is 52.4 Å². The predicted molar refractivity (Wildman–Crippen MR) is 148 cm³/mol. The predicted octanol–water partition coefficient (Wildman–Crippen LogP) is 3.98. The highest BCUT2D eigenvalue weighted by Crippen LogP contribution is 2.34. The molecule has 1 aromatic carbocycles. The molecule has 4 N–H and O–H groups in total. The van der Waals surface area contributed by atoms with Gasteiger partial charge in [-0.1, -0.05) is 75.5 Å². The van der Waals surface area contributed by atoms with E-state index in [9.17, 15) is 35.0 Å². The molecule has 10 nitrogen and oxygen atoms in total. The van der Waals surface area contributed by atoms with Gasteiger partial charge in [-0.25, -0.2) is 4.79 Å². The molecule has 1 aliphatic carbocycles. The van der Waals surface area contributed by atoms with Crippen LogP contribution >= 0.6 is 0 Å². The van der Waals surface area contributed by atoms with E-state index in [-0.39, 0.29) is 41.5 Å². The summed E-state index contributed by atoms with van der Waals surface area (Å²) in [5, 5.41) is 42.6. The number of unbranched alkanes of at least 4 members (excludes halogenated alkanes) is 5. The van der Waals surface area contributed by atoms with E-state index in [1.54, 1.807) is 0 Å². The Morgan fingerprint density at radius 3 is 2.62 bits per heavy atom. The van der Waals surface area contributed by atoms with Crippen molar-refractivity contribution < 1.29 is 39.7 Å². The number of nitrogens with zero attached hydrogens (tertiary/aromatic N) is 1. The average molecular weight is 562 g/mol. The standard InChI is InChI=1S/C30H46N2O8/c1-3-4-7-10-23(33)16-14-22-15-18-27(34)24(22)11-8-5-6-9-12-29(36)31-25(30(37)40-2)19-21-13-17-28(35)26(20-21)32(38)39/h13-14,16-17,20,22-25,33,35,38-39H,3-12,15,18-19H2,1-2H3,(H,31,36)/p-1. The molecule has 40 heavy (non-hydrogen) atoms. The van der Waals surface area contributed by atoms with Gasteiger partial charge >= 0.3 is 5.97 Å². The summed E-state index contributed by atoms with van der Waals surface area (Å²) >= 11 is 0. The molecule has 1 amide bonds. The Hall–Kier alpha value is -2.95. The first-order valence-electron chi connectivity index (χ1n) is 14.4. The first-order chi connectivity index (χ1) is 19.2. The van der Waals surface area contributed by atoms with Crippen molar-refractivity contribution in [2.24, 2.45) is 11.8 Å². The smallest absolute Gasteiger partial charge is 0.328 e. The summed E-state index contributed by atoms with van der Waals surface area (Å²) in [5.74, 6) is -1.07. The minimum absolute atomic E-state index is 0.00291. The molecule has 1 aliphatic rings. The lowest BCUT2D eigenvalue weighted by atomic mass is 9.89. The molecule has 224 valence electrons. The van der Waals surface area contributed by atoms with E-state index in [2.05, 4.69) is 12.2 Å². The number of hydrogen-bond donors (Lipinski definition) is 4. The summed E-state index contributed by atoms with van der Waals surface area (Å²) in [5.41, 5.74) is 0.0769. The SMILES string of the molecule is CCCCCC(O)C=CC1CCC(=O)C1CCCCCCC(=O)NC(Cc1ccc([O-])c(N(O)O)c1)C(=O)OC. The number of ether oxygens (including phenoxy) is 1. The molecule has 1 saturated carbocycles. The molecular formula is C30H45N2O8-. The van der Waals surface area contributed by atoms with Gasteiger partial charge < -0.3 is 20.3 Å². The van der Waals surface area contributed by atoms with E-state index in [1.165, 1.54) is 19.2 Å². The molecular weight excluding hydrogens is 516 g/mol. The fraction of sp³-hybridized carbons (Fsp3) is 0.633. The van der Waals surface area contributed by atoms with Crippen LogP contribution in [0.25, 0.3) is 0 Å². The van der Waals surface area contributed by atoms with Crippen LogP contribution in [0.1, 0.15) is 89.5 Å². The Kier molecular flexibility index (Phi) is 14.7. The third-order valence-electron chi connectivity index (χ3n) is 7.51. The van der Waals surface area contributed by atoms with Gasteiger partial charge in [-0.3, -0.25) is 20.0 Å². The molecule has 1 aromatic rings. The van der Waals surface area contributed by atoms with Crippen molar-refractivity contribution in [3.63, 3.8) is 0 Å². The van der Waals surface area contributed by atoms with E-state index in [1.807, 2.05) is 12.2 Å². The molecule has 2 rings (SSSR count). The molecule has 1 fully saturated rings. The number of hydrogen-bond acceptors (Lipinski definition) is 9. The van der Waals surface area contributed by atoms with E-state index in [0.717, 1.165) is 63.9 Å². The molecule has 0 spiro atoms. The Balaban J connectivity index is 1.74. The molecule has 0 aromatic heterocycles. The zero-order valence-electron chi connectivity index (χ0n) is 23.7. The lowest BCUT2D eigenvalue weighted by molar-refractivity contribution is -0.268. The number of Topliss-reactive ketones (excluding diaryl/α,β-unsaturated/α-hetero) is 1. The van der Waals surface area contributed by atoms with Gasteiger partial charge in [0.05, 0.1) is 18.9 Å². The number of allylic oxidation sites excluding steroid dienone is 1. The molecule has 0 radical (unpaired) electrons. The van der Waals surface area contributed by atoms with Crippen LogP contribution < -0.4 is 15.6 Å². The largest absolute Gasteiger partial charge is 0.871 e. The van der Waals surface area contributed by atoms with Crippen LogP contribution in [-0.2, 0) is 25.5 Å². The second-order valence-electron chi connectivity index (χ2n) is 10.6. The number of esters is 1. The maximum absolute atomic E-state index is 12.5. The number of nitrogens with one attached hydrogen (secondary N) is 1. The average Bonchev–Trinajstić information content (AvgIpc) is 3.28. The highest BCUT2D eigenvalue weighted by molar-refractivity contribution is 5.85. The number of aliphatic hydroxyl groups is 1. The highest BCUT2D eigenvalue weighted by atomic mass is 16.8. The van der Waals surface area contributed by atoms with Gasteiger partial charge in [0.1, 0.15) is 11.8 Å². The number of amides is 1.